The lowest BCUT2D eigenvalue weighted by Gasteiger charge is -2.22. The van der Waals surface area contributed by atoms with Gasteiger partial charge in [0.25, 0.3) is 0 Å². The molecule has 98 valence electrons. The molecule has 2 aromatic rings. The average molecular weight is 277 g/mol. The normalized spacial score (nSPS) is 25.0. The molecule has 3 aliphatic rings. The van der Waals surface area contributed by atoms with Crippen LogP contribution in [-0.4, -0.2) is 4.98 Å². The molecule has 2 atom stereocenters. The largest absolute Gasteiger partial charge is 0.355 e. The highest BCUT2D eigenvalue weighted by atomic mass is 32.2. The molecular weight excluding hydrogens is 262 g/mol. The number of aromatic amines is 1. The lowest BCUT2D eigenvalue weighted by molar-refractivity contribution is 0.804. The number of hydrogen-bond acceptors (Lipinski definition) is 1. The Bertz CT molecular complexity index is 766. The van der Waals surface area contributed by atoms with Crippen LogP contribution >= 0.6 is 11.8 Å². The molecule has 1 aromatic heterocycles. The maximum absolute atomic E-state index is 3.61. The Balaban J connectivity index is 1.71. The molecule has 1 aromatic carbocycles. The number of benzene rings is 1. The third-order valence-corrected chi connectivity index (χ3v) is 6.08. The van der Waals surface area contributed by atoms with Crippen LogP contribution in [0.25, 0.3) is 12.2 Å². The average Bonchev–Trinajstić information content (AvgIpc) is 3.04. The monoisotopic (exact) mass is 277 g/mol. The van der Waals surface area contributed by atoms with Crippen LogP contribution in [0.1, 0.15) is 45.7 Å². The van der Waals surface area contributed by atoms with E-state index in [9.17, 15) is 0 Å². The van der Waals surface area contributed by atoms with Gasteiger partial charge in [0.2, 0.25) is 0 Å². The second kappa shape index (κ2) is 3.92. The van der Waals surface area contributed by atoms with Crippen LogP contribution < -0.4 is 0 Å². The summed E-state index contributed by atoms with van der Waals surface area (Å²) in [5.74, 6) is 0.550. The maximum atomic E-state index is 3.61. The first-order valence-corrected chi connectivity index (χ1v) is 8.15. The van der Waals surface area contributed by atoms with Crippen LogP contribution in [0, 0.1) is 0 Å². The van der Waals surface area contributed by atoms with Crippen LogP contribution in [0.5, 0.6) is 0 Å². The van der Waals surface area contributed by atoms with E-state index in [1.807, 2.05) is 11.8 Å². The van der Waals surface area contributed by atoms with Crippen LogP contribution in [0.4, 0.5) is 0 Å². The van der Waals surface area contributed by atoms with Crippen molar-refractivity contribution in [1.29, 1.82) is 0 Å². The first-order valence-electron chi connectivity index (χ1n) is 7.27. The second-order valence-corrected chi connectivity index (χ2v) is 6.93. The molecule has 0 saturated heterocycles. The molecule has 0 saturated carbocycles. The molecule has 0 amide bonds. The van der Waals surface area contributed by atoms with Gasteiger partial charge in [-0.25, -0.2) is 0 Å². The van der Waals surface area contributed by atoms with Gasteiger partial charge in [-0.2, -0.15) is 0 Å². The Morgan fingerprint density at radius 3 is 3.05 bits per heavy atom. The number of hydrogen-bond donors (Lipinski definition) is 1. The van der Waals surface area contributed by atoms with E-state index in [2.05, 4.69) is 53.6 Å². The van der Waals surface area contributed by atoms with E-state index in [1.54, 1.807) is 11.1 Å². The summed E-state index contributed by atoms with van der Waals surface area (Å²) in [6.45, 7) is 0. The van der Waals surface area contributed by atoms with Crippen molar-refractivity contribution >= 4 is 23.9 Å². The number of aromatic nitrogens is 1. The molecule has 2 heteroatoms. The number of fused-ring (bicyclic) bond motifs is 7. The molecule has 0 bridgehead atoms. The summed E-state index contributed by atoms with van der Waals surface area (Å²) < 4.78 is 0. The van der Waals surface area contributed by atoms with Gasteiger partial charge in [-0.05, 0) is 47.8 Å². The van der Waals surface area contributed by atoms with Crippen molar-refractivity contribution < 1.29 is 0 Å². The Morgan fingerprint density at radius 1 is 1.10 bits per heavy atom. The molecule has 2 heterocycles. The molecule has 1 nitrogen and oxygen atoms in total. The van der Waals surface area contributed by atoms with Gasteiger partial charge >= 0.3 is 0 Å². The van der Waals surface area contributed by atoms with Crippen LogP contribution in [-0.2, 0) is 6.42 Å². The van der Waals surface area contributed by atoms with Gasteiger partial charge in [-0.15, -0.1) is 11.8 Å². The smallest absolute Gasteiger partial charge is 0.0472 e. The molecule has 5 rings (SSSR count). The van der Waals surface area contributed by atoms with Gasteiger partial charge in [0, 0.05) is 27.5 Å². The van der Waals surface area contributed by atoms with Crippen molar-refractivity contribution in [2.75, 3.05) is 0 Å². The van der Waals surface area contributed by atoms with Gasteiger partial charge in [-0.3, -0.25) is 0 Å². The van der Waals surface area contributed by atoms with Crippen LogP contribution in [0.3, 0.4) is 0 Å². The van der Waals surface area contributed by atoms with Gasteiger partial charge < -0.3 is 4.98 Å². The fourth-order valence-electron chi connectivity index (χ4n) is 3.77. The van der Waals surface area contributed by atoms with Gasteiger partial charge in [0.1, 0.15) is 0 Å². The third-order valence-electron chi connectivity index (χ3n) is 4.67. The highest BCUT2D eigenvalue weighted by Crippen LogP contribution is 2.58. The van der Waals surface area contributed by atoms with Crippen LogP contribution in [0.2, 0.25) is 0 Å². The first-order chi connectivity index (χ1) is 9.92. The second-order valence-electron chi connectivity index (χ2n) is 5.75. The molecule has 20 heavy (non-hydrogen) atoms. The van der Waals surface area contributed by atoms with Crippen molar-refractivity contribution in [3.63, 3.8) is 0 Å². The Hall–Kier alpha value is -1.67. The van der Waals surface area contributed by atoms with E-state index in [1.165, 1.54) is 34.7 Å². The first kappa shape index (κ1) is 11.0. The number of nitrogens with one attached hydrogen (secondary N) is 1. The zero-order chi connectivity index (χ0) is 13.1. The highest BCUT2D eigenvalue weighted by Gasteiger charge is 2.38. The number of thioether (sulfide) groups is 1. The molecule has 2 unspecified atom stereocenters. The third kappa shape index (κ3) is 1.35. The topological polar surface area (TPSA) is 15.8 Å². The summed E-state index contributed by atoms with van der Waals surface area (Å²) in [6.07, 6.45) is 11.6. The maximum Gasteiger partial charge on any atom is 0.0472 e. The van der Waals surface area contributed by atoms with Crippen LogP contribution in [0.15, 0.2) is 41.3 Å². The summed E-state index contributed by atoms with van der Waals surface area (Å²) >= 11 is 2.04. The SMILES string of the molecule is C1=Cc2[nH]c3c(c2CC1)C1Sc2ccccc2C1C=C3. The fraction of sp³-hybridized carbons (Fsp3) is 0.222. The van der Waals surface area contributed by atoms with E-state index in [-0.39, 0.29) is 0 Å². The number of rotatable bonds is 0. The van der Waals surface area contributed by atoms with E-state index in [0.717, 1.165) is 0 Å². The molecular formula is C18H15NS. The molecule has 0 radical (unpaired) electrons. The summed E-state index contributed by atoms with van der Waals surface area (Å²) in [4.78, 5) is 5.07. The van der Waals surface area contributed by atoms with Crippen molar-refractivity contribution in [2.24, 2.45) is 0 Å². The zero-order valence-electron chi connectivity index (χ0n) is 11.1. The van der Waals surface area contributed by atoms with E-state index in [0.29, 0.717) is 11.2 Å². The van der Waals surface area contributed by atoms with Gasteiger partial charge in [0.15, 0.2) is 0 Å². The van der Waals surface area contributed by atoms with Crippen molar-refractivity contribution in [3.8, 4) is 0 Å². The number of allylic oxidation sites excluding steroid dienone is 2. The minimum Gasteiger partial charge on any atom is -0.355 e. The quantitative estimate of drug-likeness (QED) is 0.721. The van der Waals surface area contributed by atoms with Gasteiger partial charge in [-0.1, -0.05) is 30.4 Å². The zero-order valence-corrected chi connectivity index (χ0v) is 11.9. The van der Waals surface area contributed by atoms with Gasteiger partial charge in [0.05, 0.1) is 0 Å². The minimum atomic E-state index is 0.550. The standard InChI is InChI=1S/C18H15NS/c1-3-7-14-13(6-1)17-15(19-14)10-9-12-11-5-2-4-8-16(11)20-18(12)17/h2-5,7-10,12,18-19H,1,6H2. The highest BCUT2D eigenvalue weighted by molar-refractivity contribution is 8.00. The molecule has 0 fully saturated rings. The number of H-pyrrole nitrogens is 1. The minimum absolute atomic E-state index is 0.550. The Morgan fingerprint density at radius 2 is 2.05 bits per heavy atom. The Labute approximate surface area is 122 Å². The predicted octanol–water partition coefficient (Wildman–Crippen LogP) is 4.93. The fourth-order valence-corrected chi connectivity index (χ4v) is 5.31. The molecule has 2 aliphatic carbocycles. The lowest BCUT2D eigenvalue weighted by atomic mass is 9.84. The molecule has 1 N–H and O–H groups in total. The Kier molecular flexibility index (Phi) is 2.16. The lowest BCUT2D eigenvalue weighted by Crippen LogP contribution is -2.07. The summed E-state index contributed by atoms with van der Waals surface area (Å²) in [5.41, 5.74) is 7.30. The summed E-state index contributed by atoms with van der Waals surface area (Å²) in [7, 11) is 0. The summed E-state index contributed by atoms with van der Waals surface area (Å²) in [6, 6.07) is 8.88. The van der Waals surface area contributed by atoms with E-state index < -0.39 is 0 Å². The molecule has 1 aliphatic heterocycles. The van der Waals surface area contributed by atoms with Crippen molar-refractivity contribution in [2.45, 2.75) is 28.9 Å². The van der Waals surface area contributed by atoms with E-state index >= 15 is 0 Å². The van der Waals surface area contributed by atoms with E-state index in [4.69, 9.17) is 0 Å². The van der Waals surface area contributed by atoms with Crippen molar-refractivity contribution in [3.05, 3.63) is 64.5 Å². The van der Waals surface area contributed by atoms with Crippen molar-refractivity contribution in [1.82, 2.24) is 4.98 Å². The summed E-state index contributed by atoms with van der Waals surface area (Å²) in [5, 5.41) is 0.568. The molecule has 0 spiro atoms. The predicted molar refractivity (Wildman–Crippen MR) is 85.0 cm³/mol.